The number of benzene rings is 2. The molecule has 0 amide bonds. The van der Waals surface area contributed by atoms with Crippen molar-refractivity contribution in [1.82, 2.24) is 14.6 Å². The highest BCUT2D eigenvalue weighted by molar-refractivity contribution is 7.19. The summed E-state index contributed by atoms with van der Waals surface area (Å²) in [6.45, 7) is 0. The van der Waals surface area contributed by atoms with E-state index in [-0.39, 0.29) is 11.7 Å². The normalized spacial score (nSPS) is 10.9. The summed E-state index contributed by atoms with van der Waals surface area (Å²) in [6.07, 6.45) is 1.76. The maximum atomic E-state index is 11.5. The third kappa shape index (κ3) is 2.74. The van der Waals surface area contributed by atoms with Crippen molar-refractivity contribution >= 4 is 22.3 Å². The van der Waals surface area contributed by atoms with E-state index in [1.165, 1.54) is 18.4 Å². The third-order valence-electron chi connectivity index (χ3n) is 3.80. The number of phenols is 1. The van der Waals surface area contributed by atoms with Crippen LogP contribution in [0.4, 0.5) is 0 Å². The lowest BCUT2D eigenvalue weighted by molar-refractivity contribution is 0.0601. The second-order valence-corrected chi connectivity index (χ2v) is 6.32. The van der Waals surface area contributed by atoms with Crippen LogP contribution in [0.25, 0.3) is 26.8 Å². The van der Waals surface area contributed by atoms with E-state index in [9.17, 15) is 9.90 Å². The molecule has 4 rings (SSSR count). The summed E-state index contributed by atoms with van der Waals surface area (Å²) in [4.78, 5) is 16.7. The van der Waals surface area contributed by atoms with Crippen LogP contribution < -0.4 is 0 Å². The number of nitrogens with zero attached hydrogens (tertiary/aromatic N) is 3. The quantitative estimate of drug-likeness (QED) is 0.571. The van der Waals surface area contributed by atoms with Crippen LogP contribution in [-0.4, -0.2) is 32.8 Å². The summed E-state index contributed by atoms with van der Waals surface area (Å²) < 4.78 is 6.49. The van der Waals surface area contributed by atoms with Gasteiger partial charge in [0.05, 0.1) is 24.6 Å². The molecule has 0 saturated heterocycles. The van der Waals surface area contributed by atoms with Gasteiger partial charge in [0.25, 0.3) is 0 Å². The number of aromatic nitrogens is 3. The van der Waals surface area contributed by atoms with Crippen molar-refractivity contribution in [3.63, 3.8) is 0 Å². The smallest absolute Gasteiger partial charge is 0.337 e. The maximum absolute atomic E-state index is 11.5. The van der Waals surface area contributed by atoms with E-state index < -0.39 is 0 Å². The van der Waals surface area contributed by atoms with Crippen molar-refractivity contribution in [2.24, 2.45) is 0 Å². The first kappa shape index (κ1) is 15.3. The number of phenolic OH excluding ortho intramolecular Hbond substituents is 1. The molecule has 2 aromatic carbocycles. The van der Waals surface area contributed by atoms with Gasteiger partial charge in [-0.1, -0.05) is 23.5 Å². The molecule has 0 bridgehead atoms. The van der Waals surface area contributed by atoms with Crippen LogP contribution in [0, 0.1) is 0 Å². The lowest BCUT2D eigenvalue weighted by atomic mass is 10.1. The predicted molar refractivity (Wildman–Crippen MR) is 94.7 cm³/mol. The molecule has 0 saturated carbocycles. The van der Waals surface area contributed by atoms with Crippen molar-refractivity contribution in [2.45, 2.75) is 0 Å². The molecular formula is C18H13N3O3S. The molecule has 0 atom stereocenters. The minimum atomic E-state index is -0.366. The number of methoxy groups -OCH3 is 1. The largest absolute Gasteiger partial charge is 0.508 e. The average molecular weight is 351 g/mol. The Morgan fingerprint density at radius 2 is 1.76 bits per heavy atom. The van der Waals surface area contributed by atoms with Gasteiger partial charge in [0, 0.05) is 11.1 Å². The average Bonchev–Trinajstić information content (AvgIpc) is 3.23. The van der Waals surface area contributed by atoms with Crippen LogP contribution in [0.15, 0.2) is 54.7 Å². The fraction of sp³-hybridized carbons (Fsp3) is 0.0556. The zero-order chi connectivity index (χ0) is 17.4. The molecule has 0 aliphatic heterocycles. The van der Waals surface area contributed by atoms with Gasteiger partial charge in [-0.15, -0.1) is 0 Å². The Kier molecular flexibility index (Phi) is 3.70. The molecule has 0 fully saturated rings. The number of aromatic hydroxyl groups is 1. The second-order valence-electron chi connectivity index (χ2n) is 5.36. The molecule has 0 radical (unpaired) electrons. The topological polar surface area (TPSA) is 76.7 Å². The monoisotopic (exact) mass is 351 g/mol. The number of ether oxygens (including phenoxy) is 1. The Morgan fingerprint density at radius 3 is 2.44 bits per heavy atom. The number of carbonyl (C=O) groups excluding carboxylic acids is 1. The van der Waals surface area contributed by atoms with Crippen molar-refractivity contribution in [2.75, 3.05) is 7.11 Å². The minimum absolute atomic E-state index is 0.217. The lowest BCUT2D eigenvalue weighted by Crippen LogP contribution is -2.00. The molecule has 1 N–H and O–H groups in total. The maximum Gasteiger partial charge on any atom is 0.337 e. The number of imidazole rings is 1. The Balaban J connectivity index is 1.72. The Morgan fingerprint density at radius 1 is 1.08 bits per heavy atom. The van der Waals surface area contributed by atoms with Crippen molar-refractivity contribution in [3.8, 4) is 27.6 Å². The van der Waals surface area contributed by atoms with Gasteiger partial charge in [-0.3, -0.25) is 0 Å². The number of esters is 1. The minimum Gasteiger partial charge on any atom is -0.508 e. The highest BCUT2D eigenvalue weighted by Gasteiger charge is 2.13. The molecular weight excluding hydrogens is 338 g/mol. The molecule has 7 heteroatoms. The second kappa shape index (κ2) is 6.03. The van der Waals surface area contributed by atoms with E-state index in [4.69, 9.17) is 4.74 Å². The Labute approximate surface area is 147 Å². The molecule has 0 unspecified atom stereocenters. The molecule has 25 heavy (non-hydrogen) atoms. The summed E-state index contributed by atoms with van der Waals surface area (Å²) >= 11 is 1.46. The van der Waals surface area contributed by atoms with Crippen molar-refractivity contribution < 1.29 is 14.6 Å². The zero-order valence-corrected chi connectivity index (χ0v) is 14.0. The molecule has 0 aliphatic rings. The molecule has 124 valence electrons. The van der Waals surface area contributed by atoms with Gasteiger partial charge in [0.2, 0.25) is 4.96 Å². The van der Waals surface area contributed by atoms with Crippen LogP contribution in [0.3, 0.4) is 0 Å². The van der Waals surface area contributed by atoms with Gasteiger partial charge in [-0.2, -0.15) is 5.10 Å². The van der Waals surface area contributed by atoms with Gasteiger partial charge in [0.15, 0.2) is 0 Å². The fourth-order valence-corrected chi connectivity index (χ4v) is 3.39. The molecule has 6 nitrogen and oxygen atoms in total. The predicted octanol–water partition coefficient (Wildman–Crippen LogP) is 3.62. The molecule has 2 heterocycles. The zero-order valence-electron chi connectivity index (χ0n) is 13.2. The van der Waals surface area contributed by atoms with E-state index in [2.05, 4.69) is 10.1 Å². The highest BCUT2D eigenvalue weighted by atomic mass is 32.1. The number of hydrogen-bond donors (Lipinski definition) is 1. The first-order chi connectivity index (χ1) is 12.2. The first-order valence-corrected chi connectivity index (χ1v) is 8.30. The molecule has 0 spiro atoms. The number of rotatable bonds is 3. The number of hydrogen-bond acceptors (Lipinski definition) is 6. The van der Waals surface area contributed by atoms with E-state index in [1.807, 2.05) is 24.3 Å². The summed E-state index contributed by atoms with van der Waals surface area (Å²) in [5.41, 5.74) is 3.17. The first-order valence-electron chi connectivity index (χ1n) is 7.48. The summed E-state index contributed by atoms with van der Waals surface area (Å²) in [5.74, 6) is -0.149. The van der Waals surface area contributed by atoms with Gasteiger partial charge in [0.1, 0.15) is 10.8 Å². The van der Waals surface area contributed by atoms with Crippen molar-refractivity contribution in [3.05, 3.63) is 60.3 Å². The van der Waals surface area contributed by atoms with Gasteiger partial charge in [-0.25, -0.2) is 14.3 Å². The Bertz CT molecular complexity index is 1050. The van der Waals surface area contributed by atoms with E-state index in [1.54, 1.807) is 35.0 Å². The number of carbonyl (C=O) groups is 1. The SMILES string of the molecule is COC(=O)c1ccc(-c2nn3c(-c4ccc(O)cc4)cnc3s2)cc1. The summed E-state index contributed by atoms with van der Waals surface area (Å²) in [5, 5.41) is 14.9. The van der Waals surface area contributed by atoms with Crippen LogP contribution in [0.2, 0.25) is 0 Å². The van der Waals surface area contributed by atoms with Crippen LogP contribution in [0.5, 0.6) is 5.75 Å². The lowest BCUT2D eigenvalue weighted by Gasteiger charge is -2.00. The fourth-order valence-electron chi connectivity index (χ4n) is 2.51. The molecule has 2 aromatic heterocycles. The number of fused-ring (bicyclic) bond motifs is 1. The standard InChI is InChI=1S/C18H13N3O3S/c1-24-17(23)13-4-2-12(3-5-13)16-20-21-15(10-19-18(21)25-16)11-6-8-14(22)9-7-11/h2-10,22H,1H3. The van der Waals surface area contributed by atoms with E-state index in [0.29, 0.717) is 5.56 Å². The third-order valence-corrected chi connectivity index (χ3v) is 4.77. The van der Waals surface area contributed by atoms with Crippen molar-refractivity contribution in [1.29, 1.82) is 0 Å². The van der Waals surface area contributed by atoms with Gasteiger partial charge in [-0.05, 0) is 36.4 Å². The van der Waals surface area contributed by atoms with Crippen LogP contribution in [0.1, 0.15) is 10.4 Å². The van der Waals surface area contributed by atoms with Crippen LogP contribution >= 0.6 is 11.3 Å². The van der Waals surface area contributed by atoms with Gasteiger partial charge >= 0.3 is 5.97 Å². The Hall–Kier alpha value is -3.19. The van der Waals surface area contributed by atoms with Gasteiger partial charge < -0.3 is 9.84 Å². The van der Waals surface area contributed by atoms with Crippen LogP contribution in [-0.2, 0) is 4.74 Å². The summed E-state index contributed by atoms with van der Waals surface area (Å²) in [6, 6.07) is 14.0. The summed E-state index contributed by atoms with van der Waals surface area (Å²) in [7, 11) is 1.36. The highest BCUT2D eigenvalue weighted by Crippen LogP contribution is 2.30. The van der Waals surface area contributed by atoms with E-state index in [0.717, 1.165) is 26.8 Å². The van der Waals surface area contributed by atoms with E-state index >= 15 is 0 Å². The molecule has 4 aromatic rings. The molecule has 0 aliphatic carbocycles.